The van der Waals surface area contributed by atoms with Crippen molar-refractivity contribution in [3.8, 4) is 17.2 Å². The summed E-state index contributed by atoms with van der Waals surface area (Å²) in [5, 5.41) is 20.0. The first-order chi connectivity index (χ1) is 11.8. The van der Waals surface area contributed by atoms with Gasteiger partial charge in [-0.25, -0.2) is 0 Å². The summed E-state index contributed by atoms with van der Waals surface area (Å²) in [6, 6.07) is 8.59. The van der Waals surface area contributed by atoms with Gasteiger partial charge in [-0.05, 0) is 73.4 Å². The third-order valence-corrected chi connectivity index (χ3v) is 4.58. The number of rotatable bonds is 1. The van der Waals surface area contributed by atoms with Crippen LogP contribution in [0.3, 0.4) is 0 Å². The number of phenols is 2. The molecular formula is C21H18O4. The zero-order valence-corrected chi connectivity index (χ0v) is 14.0. The van der Waals surface area contributed by atoms with Gasteiger partial charge in [-0.1, -0.05) is 12.1 Å². The van der Waals surface area contributed by atoms with Gasteiger partial charge in [0.05, 0.1) is 11.1 Å². The number of aromatic hydroxyl groups is 2. The highest BCUT2D eigenvalue weighted by Gasteiger charge is 2.30. The highest BCUT2D eigenvalue weighted by Crippen LogP contribution is 2.43. The Morgan fingerprint density at radius 2 is 1.84 bits per heavy atom. The highest BCUT2D eigenvalue weighted by molar-refractivity contribution is 6.14. The number of ketones is 1. The van der Waals surface area contributed by atoms with Crippen molar-refractivity contribution in [2.24, 2.45) is 0 Å². The van der Waals surface area contributed by atoms with Crippen LogP contribution in [0.5, 0.6) is 17.2 Å². The van der Waals surface area contributed by atoms with Crippen molar-refractivity contribution in [3.63, 3.8) is 0 Å². The Hall–Kier alpha value is -3.01. The smallest absolute Gasteiger partial charge is 0.190 e. The lowest BCUT2D eigenvalue weighted by Crippen LogP contribution is -2.28. The molecule has 25 heavy (non-hydrogen) atoms. The number of ether oxygens (including phenoxy) is 1. The van der Waals surface area contributed by atoms with Crippen LogP contribution in [0.25, 0.3) is 11.6 Å². The molecule has 0 saturated carbocycles. The second kappa shape index (κ2) is 5.24. The van der Waals surface area contributed by atoms with E-state index in [4.69, 9.17) is 4.74 Å². The molecule has 0 spiro atoms. The van der Waals surface area contributed by atoms with Crippen molar-refractivity contribution in [1.29, 1.82) is 0 Å². The third kappa shape index (κ3) is 2.60. The van der Waals surface area contributed by atoms with Crippen LogP contribution >= 0.6 is 0 Å². The molecule has 0 bridgehead atoms. The predicted molar refractivity (Wildman–Crippen MR) is 96.0 cm³/mol. The molecule has 0 fully saturated rings. The quantitative estimate of drug-likeness (QED) is 0.824. The molecule has 2 N–H and O–H groups in total. The molecule has 1 heterocycles. The van der Waals surface area contributed by atoms with Crippen LogP contribution in [0.2, 0.25) is 0 Å². The summed E-state index contributed by atoms with van der Waals surface area (Å²) in [7, 11) is 0. The molecule has 2 aromatic rings. The van der Waals surface area contributed by atoms with Gasteiger partial charge < -0.3 is 14.9 Å². The fourth-order valence-corrected chi connectivity index (χ4v) is 3.32. The van der Waals surface area contributed by atoms with E-state index >= 15 is 0 Å². The molecule has 4 rings (SSSR count). The van der Waals surface area contributed by atoms with Crippen molar-refractivity contribution < 1.29 is 19.7 Å². The van der Waals surface area contributed by atoms with Crippen LogP contribution in [-0.4, -0.2) is 21.6 Å². The Morgan fingerprint density at radius 1 is 1.12 bits per heavy atom. The Bertz CT molecular complexity index is 947. The fraction of sp³-hybridized carbons (Fsp3) is 0.190. The number of carbonyl (C=O) groups is 1. The van der Waals surface area contributed by atoms with Gasteiger partial charge in [-0.2, -0.15) is 0 Å². The van der Waals surface area contributed by atoms with Crippen molar-refractivity contribution in [2.75, 3.05) is 0 Å². The molecule has 0 atom stereocenters. The average Bonchev–Trinajstić information content (AvgIpc) is 2.53. The molecule has 2 aliphatic rings. The number of hydrogen-bond donors (Lipinski definition) is 2. The van der Waals surface area contributed by atoms with Gasteiger partial charge in [0.1, 0.15) is 22.8 Å². The zero-order valence-electron chi connectivity index (χ0n) is 14.0. The molecule has 0 radical (unpaired) electrons. The first kappa shape index (κ1) is 15.5. The van der Waals surface area contributed by atoms with Crippen LogP contribution in [-0.2, 0) is 6.42 Å². The topological polar surface area (TPSA) is 66.8 Å². The number of hydrogen-bond acceptors (Lipinski definition) is 4. The molecular weight excluding hydrogens is 316 g/mol. The van der Waals surface area contributed by atoms with Crippen molar-refractivity contribution in [3.05, 3.63) is 64.7 Å². The van der Waals surface area contributed by atoms with Crippen LogP contribution in [0.4, 0.5) is 0 Å². The van der Waals surface area contributed by atoms with E-state index in [2.05, 4.69) is 0 Å². The lowest BCUT2D eigenvalue weighted by Gasteiger charge is -2.30. The van der Waals surface area contributed by atoms with E-state index in [1.807, 2.05) is 26.0 Å². The molecule has 0 saturated heterocycles. The average molecular weight is 334 g/mol. The monoisotopic (exact) mass is 334 g/mol. The minimum absolute atomic E-state index is 0.0229. The molecule has 0 amide bonds. The van der Waals surface area contributed by atoms with E-state index in [0.717, 1.165) is 16.7 Å². The van der Waals surface area contributed by atoms with Gasteiger partial charge in [0, 0.05) is 0 Å². The predicted octanol–water partition coefficient (Wildman–Crippen LogP) is 4.10. The van der Waals surface area contributed by atoms with E-state index in [0.29, 0.717) is 23.3 Å². The number of allylic oxidation sites excluding steroid dienone is 2. The van der Waals surface area contributed by atoms with Gasteiger partial charge in [0.25, 0.3) is 0 Å². The Kier molecular flexibility index (Phi) is 3.25. The summed E-state index contributed by atoms with van der Waals surface area (Å²) in [6.45, 7) is 3.88. The zero-order chi connectivity index (χ0) is 17.8. The molecule has 126 valence electrons. The van der Waals surface area contributed by atoms with Crippen molar-refractivity contribution in [2.45, 2.75) is 25.9 Å². The van der Waals surface area contributed by atoms with Gasteiger partial charge in [-0.3, -0.25) is 4.79 Å². The number of carbonyl (C=O) groups excluding carboxylic acids is 1. The standard InChI is InChI=1S/C21H18O4/c1-21(2)8-7-16-18(25-21)11-14-9-13(10-17(23)19(14)20(16)24)12-3-5-15(22)6-4-12/h3-8,10-11,22,24H,9H2,1-2H3. The van der Waals surface area contributed by atoms with E-state index in [-0.39, 0.29) is 17.3 Å². The molecule has 0 aromatic heterocycles. The Morgan fingerprint density at radius 3 is 2.56 bits per heavy atom. The van der Waals surface area contributed by atoms with E-state index in [1.165, 1.54) is 0 Å². The molecule has 1 aliphatic carbocycles. The lowest BCUT2D eigenvalue weighted by molar-refractivity contribution is 0.104. The van der Waals surface area contributed by atoms with Crippen LogP contribution < -0.4 is 4.74 Å². The first-order valence-electron chi connectivity index (χ1n) is 8.15. The molecule has 0 unspecified atom stereocenters. The summed E-state index contributed by atoms with van der Waals surface area (Å²) in [5.41, 5.74) is 2.90. The molecule has 4 heteroatoms. The summed E-state index contributed by atoms with van der Waals surface area (Å²) in [5.74, 6) is 0.526. The minimum atomic E-state index is -0.456. The summed E-state index contributed by atoms with van der Waals surface area (Å²) in [4.78, 5) is 12.6. The normalized spacial score (nSPS) is 17.4. The highest BCUT2D eigenvalue weighted by atomic mass is 16.5. The van der Waals surface area contributed by atoms with Gasteiger partial charge >= 0.3 is 0 Å². The Balaban J connectivity index is 1.80. The fourth-order valence-electron chi connectivity index (χ4n) is 3.32. The van der Waals surface area contributed by atoms with Crippen LogP contribution in [0.15, 0.2) is 42.5 Å². The van der Waals surface area contributed by atoms with Gasteiger partial charge in [-0.15, -0.1) is 0 Å². The first-order valence-corrected chi connectivity index (χ1v) is 8.15. The van der Waals surface area contributed by atoms with Crippen LogP contribution in [0, 0.1) is 0 Å². The van der Waals surface area contributed by atoms with E-state index in [1.54, 1.807) is 36.4 Å². The summed E-state index contributed by atoms with van der Waals surface area (Å²) < 4.78 is 5.95. The second-order valence-corrected chi connectivity index (χ2v) is 6.97. The minimum Gasteiger partial charge on any atom is -0.508 e. The van der Waals surface area contributed by atoms with E-state index < -0.39 is 5.60 Å². The van der Waals surface area contributed by atoms with Crippen LogP contribution in [0.1, 0.15) is 40.9 Å². The molecule has 4 nitrogen and oxygen atoms in total. The largest absolute Gasteiger partial charge is 0.508 e. The number of fused-ring (bicyclic) bond motifs is 2. The molecule has 1 aliphatic heterocycles. The third-order valence-electron chi connectivity index (χ3n) is 4.58. The number of phenolic OH excluding ortho intramolecular Hbond substituents is 2. The lowest BCUT2D eigenvalue weighted by atomic mass is 9.84. The maximum atomic E-state index is 12.6. The molecule has 2 aromatic carbocycles. The van der Waals surface area contributed by atoms with Gasteiger partial charge in [0.15, 0.2) is 5.78 Å². The van der Waals surface area contributed by atoms with Crippen molar-refractivity contribution in [1.82, 2.24) is 0 Å². The summed E-state index contributed by atoms with van der Waals surface area (Å²) >= 11 is 0. The number of benzene rings is 2. The maximum absolute atomic E-state index is 12.6. The van der Waals surface area contributed by atoms with Crippen molar-refractivity contribution >= 4 is 17.4 Å². The van der Waals surface area contributed by atoms with Gasteiger partial charge in [0.2, 0.25) is 0 Å². The maximum Gasteiger partial charge on any atom is 0.190 e. The Labute approximate surface area is 145 Å². The SMILES string of the molecule is CC1(C)C=Cc2c(cc3c(c2O)C(=O)C=C(c2ccc(O)cc2)C3)O1. The summed E-state index contributed by atoms with van der Waals surface area (Å²) in [6.07, 6.45) is 5.74. The van der Waals surface area contributed by atoms with E-state index in [9.17, 15) is 15.0 Å². The second-order valence-electron chi connectivity index (χ2n) is 6.97.